The third-order valence-electron chi connectivity index (χ3n) is 5.14. The van der Waals surface area contributed by atoms with Gasteiger partial charge in [0.1, 0.15) is 29.0 Å². The summed E-state index contributed by atoms with van der Waals surface area (Å²) in [6, 6.07) is 3.79. The quantitative estimate of drug-likeness (QED) is 0.887. The molecule has 0 spiro atoms. The van der Waals surface area contributed by atoms with Crippen LogP contribution in [0.15, 0.2) is 18.3 Å². The third-order valence-corrected chi connectivity index (χ3v) is 5.14. The van der Waals surface area contributed by atoms with Gasteiger partial charge >= 0.3 is 0 Å². The number of aromatic nitrogens is 4. The predicted molar refractivity (Wildman–Crippen MR) is 99.3 cm³/mol. The number of nitrogens with one attached hydrogen (secondary N) is 1. The fourth-order valence-electron chi connectivity index (χ4n) is 3.45. The first-order chi connectivity index (χ1) is 12.5. The fraction of sp³-hybridized carbons (Fsp3) is 0.579. The SMILES string of the molecule is Cc1cc(NCC2(F)CCN(c3ccnc(C4CC4)n3)CC2)nc(C)n1. The number of alkyl halides is 1. The number of rotatable bonds is 5. The Morgan fingerprint density at radius 2 is 1.96 bits per heavy atom. The molecule has 1 aliphatic heterocycles. The van der Waals surface area contributed by atoms with Gasteiger partial charge in [0, 0.05) is 49.8 Å². The third kappa shape index (κ3) is 3.92. The van der Waals surface area contributed by atoms with Gasteiger partial charge in [-0.3, -0.25) is 0 Å². The summed E-state index contributed by atoms with van der Waals surface area (Å²) >= 11 is 0. The number of aryl methyl sites for hydroxylation is 2. The normalized spacial score (nSPS) is 19.4. The minimum absolute atomic E-state index is 0.272. The standard InChI is InChI=1S/C19H25FN6/c1-13-11-16(24-14(2)23-13)22-12-19(20)6-9-26(10-7-19)17-5-8-21-18(25-17)15-3-4-15/h5,8,11,15H,3-4,6-7,9-10,12H2,1-2H3,(H,22,23,24). The molecular weight excluding hydrogens is 331 g/mol. The van der Waals surface area contributed by atoms with E-state index >= 15 is 4.39 Å². The Morgan fingerprint density at radius 3 is 2.65 bits per heavy atom. The molecule has 0 radical (unpaired) electrons. The maximum absolute atomic E-state index is 15.2. The van der Waals surface area contributed by atoms with Crippen LogP contribution in [-0.2, 0) is 0 Å². The molecule has 0 bridgehead atoms. The molecule has 2 aliphatic rings. The van der Waals surface area contributed by atoms with Gasteiger partial charge in [0.05, 0.1) is 6.54 Å². The zero-order chi connectivity index (χ0) is 18.1. The van der Waals surface area contributed by atoms with Crippen LogP contribution in [0, 0.1) is 13.8 Å². The zero-order valence-corrected chi connectivity index (χ0v) is 15.4. The Bertz CT molecular complexity index is 763. The van der Waals surface area contributed by atoms with E-state index in [0.717, 1.165) is 17.3 Å². The van der Waals surface area contributed by atoms with Crippen LogP contribution in [0.2, 0.25) is 0 Å². The summed E-state index contributed by atoms with van der Waals surface area (Å²) in [4.78, 5) is 19.8. The molecule has 2 fully saturated rings. The minimum Gasteiger partial charge on any atom is -0.367 e. The summed E-state index contributed by atoms with van der Waals surface area (Å²) in [6.45, 7) is 5.37. The first-order valence-corrected chi connectivity index (χ1v) is 9.34. The Hall–Kier alpha value is -2.31. The molecule has 1 N–H and O–H groups in total. The Labute approximate surface area is 153 Å². The van der Waals surface area contributed by atoms with E-state index in [0.29, 0.717) is 43.5 Å². The number of piperidine rings is 1. The second kappa shape index (κ2) is 6.78. The first-order valence-electron chi connectivity index (χ1n) is 9.34. The molecule has 0 amide bonds. The van der Waals surface area contributed by atoms with E-state index < -0.39 is 5.67 Å². The summed E-state index contributed by atoms with van der Waals surface area (Å²) in [5.41, 5.74) is -0.340. The number of nitrogens with zero attached hydrogens (tertiary/aromatic N) is 5. The molecule has 4 rings (SSSR count). The maximum Gasteiger partial charge on any atom is 0.133 e. The van der Waals surface area contributed by atoms with Crippen LogP contribution in [0.5, 0.6) is 0 Å². The van der Waals surface area contributed by atoms with Crippen LogP contribution >= 0.6 is 0 Å². The highest BCUT2D eigenvalue weighted by Gasteiger charge is 2.35. The van der Waals surface area contributed by atoms with Gasteiger partial charge in [-0.15, -0.1) is 0 Å². The second-order valence-corrected chi connectivity index (χ2v) is 7.48. The molecule has 2 aromatic rings. The zero-order valence-electron chi connectivity index (χ0n) is 15.4. The first kappa shape index (κ1) is 17.1. The van der Waals surface area contributed by atoms with Crippen LogP contribution in [0.1, 0.15) is 48.9 Å². The summed E-state index contributed by atoms with van der Waals surface area (Å²) in [7, 11) is 0. The fourth-order valence-corrected chi connectivity index (χ4v) is 3.45. The maximum atomic E-state index is 15.2. The molecule has 1 aliphatic carbocycles. The van der Waals surface area contributed by atoms with Crippen molar-refractivity contribution in [3.8, 4) is 0 Å². The lowest BCUT2D eigenvalue weighted by Gasteiger charge is -2.37. The molecule has 138 valence electrons. The van der Waals surface area contributed by atoms with Crippen molar-refractivity contribution in [1.82, 2.24) is 19.9 Å². The molecule has 0 atom stereocenters. The van der Waals surface area contributed by atoms with Crippen molar-refractivity contribution < 1.29 is 4.39 Å². The van der Waals surface area contributed by atoms with Crippen molar-refractivity contribution in [2.24, 2.45) is 0 Å². The van der Waals surface area contributed by atoms with Crippen LogP contribution < -0.4 is 10.2 Å². The van der Waals surface area contributed by atoms with E-state index in [4.69, 9.17) is 0 Å². The monoisotopic (exact) mass is 356 g/mol. The number of hydrogen-bond acceptors (Lipinski definition) is 6. The number of anilines is 2. The van der Waals surface area contributed by atoms with Crippen molar-refractivity contribution in [3.63, 3.8) is 0 Å². The average Bonchev–Trinajstić information content (AvgIpc) is 3.45. The summed E-state index contributed by atoms with van der Waals surface area (Å²) in [5.74, 6) is 3.79. The van der Waals surface area contributed by atoms with Crippen LogP contribution in [0.3, 0.4) is 0 Å². The number of halogens is 1. The van der Waals surface area contributed by atoms with Gasteiger partial charge in [-0.05, 0) is 32.8 Å². The van der Waals surface area contributed by atoms with Crippen molar-refractivity contribution >= 4 is 11.6 Å². The Balaban J connectivity index is 1.35. The summed E-state index contributed by atoms with van der Waals surface area (Å²) in [6.07, 6.45) is 5.15. The van der Waals surface area contributed by atoms with Crippen molar-refractivity contribution in [2.45, 2.75) is 51.1 Å². The molecular formula is C19H25FN6. The molecule has 0 aromatic carbocycles. The lowest BCUT2D eigenvalue weighted by atomic mass is 9.93. The van der Waals surface area contributed by atoms with Gasteiger partial charge < -0.3 is 10.2 Å². The van der Waals surface area contributed by atoms with E-state index in [-0.39, 0.29) is 6.54 Å². The van der Waals surface area contributed by atoms with Crippen molar-refractivity contribution in [3.05, 3.63) is 35.7 Å². The summed E-state index contributed by atoms with van der Waals surface area (Å²) < 4.78 is 15.2. The van der Waals surface area contributed by atoms with E-state index in [9.17, 15) is 0 Å². The van der Waals surface area contributed by atoms with Gasteiger partial charge in [-0.2, -0.15) is 0 Å². The highest BCUT2D eigenvalue weighted by molar-refractivity contribution is 5.40. The largest absolute Gasteiger partial charge is 0.367 e. The van der Waals surface area contributed by atoms with Gasteiger partial charge in [-0.25, -0.2) is 24.3 Å². The molecule has 7 heteroatoms. The van der Waals surface area contributed by atoms with E-state index in [1.54, 1.807) is 0 Å². The molecule has 6 nitrogen and oxygen atoms in total. The Kier molecular flexibility index (Phi) is 4.46. The predicted octanol–water partition coefficient (Wildman–Crippen LogP) is 3.18. The summed E-state index contributed by atoms with van der Waals surface area (Å²) in [5, 5.41) is 3.15. The molecule has 2 aromatic heterocycles. The minimum atomic E-state index is -1.23. The van der Waals surface area contributed by atoms with Crippen LogP contribution in [0.4, 0.5) is 16.0 Å². The topological polar surface area (TPSA) is 66.8 Å². The van der Waals surface area contributed by atoms with E-state index in [1.807, 2.05) is 32.2 Å². The molecule has 1 saturated heterocycles. The van der Waals surface area contributed by atoms with Gasteiger partial charge in [-0.1, -0.05) is 0 Å². The Morgan fingerprint density at radius 1 is 1.19 bits per heavy atom. The van der Waals surface area contributed by atoms with Gasteiger partial charge in [0.2, 0.25) is 0 Å². The highest BCUT2D eigenvalue weighted by atomic mass is 19.1. The second-order valence-electron chi connectivity index (χ2n) is 7.48. The lowest BCUT2D eigenvalue weighted by Crippen LogP contribution is -2.46. The van der Waals surface area contributed by atoms with E-state index in [2.05, 4.69) is 30.2 Å². The average molecular weight is 356 g/mol. The molecule has 0 unspecified atom stereocenters. The highest BCUT2D eigenvalue weighted by Crippen LogP contribution is 2.38. The smallest absolute Gasteiger partial charge is 0.133 e. The molecule has 1 saturated carbocycles. The van der Waals surface area contributed by atoms with Crippen LogP contribution in [0.25, 0.3) is 0 Å². The van der Waals surface area contributed by atoms with Gasteiger partial charge in [0.25, 0.3) is 0 Å². The van der Waals surface area contributed by atoms with Crippen molar-refractivity contribution in [1.29, 1.82) is 0 Å². The molecule has 3 heterocycles. The number of hydrogen-bond donors (Lipinski definition) is 1. The van der Waals surface area contributed by atoms with Crippen molar-refractivity contribution in [2.75, 3.05) is 29.9 Å². The lowest BCUT2D eigenvalue weighted by molar-refractivity contribution is 0.140. The molecule has 26 heavy (non-hydrogen) atoms. The van der Waals surface area contributed by atoms with Gasteiger partial charge in [0.15, 0.2) is 0 Å². The van der Waals surface area contributed by atoms with E-state index in [1.165, 1.54) is 12.8 Å². The van der Waals surface area contributed by atoms with Crippen LogP contribution in [-0.4, -0.2) is 45.2 Å².